The van der Waals surface area contributed by atoms with Crippen LogP contribution >= 0.6 is 11.6 Å². The molecule has 2 atom stereocenters. The van der Waals surface area contributed by atoms with E-state index in [0.29, 0.717) is 5.92 Å². The van der Waals surface area contributed by atoms with Crippen LogP contribution < -0.4 is 0 Å². The average Bonchev–Trinajstić information content (AvgIpc) is 2.46. The quantitative estimate of drug-likeness (QED) is 0.555. The SMILES string of the molecule is CCC(C)c1ccc(C(Cl)C2(C)CCCCC2)cc1. The number of halogens is 1. The van der Waals surface area contributed by atoms with Crippen molar-refractivity contribution in [2.45, 2.75) is 70.6 Å². The molecule has 0 heterocycles. The Balaban J connectivity index is 2.12. The van der Waals surface area contributed by atoms with Gasteiger partial charge < -0.3 is 0 Å². The maximum atomic E-state index is 6.79. The maximum absolute atomic E-state index is 6.79. The molecule has 0 saturated heterocycles. The van der Waals surface area contributed by atoms with Gasteiger partial charge in [0.2, 0.25) is 0 Å². The van der Waals surface area contributed by atoms with Crippen LogP contribution in [0.4, 0.5) is 0 Å². The topological polar surface area (TPSA) is 0 Å². The lowest BCUT2D eigenvalue weighted by molar-refractivity contribution is 0.206. The molecule has 0 amide bonds. The van der Waals surface area contributed by atoms with Crippen molar-refractivity contribution in [2.24, 2.45) is 5.41 Å². The lowest BCUT2D eigenvalue weighted by atomic mass is 9.71. The highest BCUT2D eigenvalue weighted by atomic mass is 35.5. The Kier molecular flexibility index (Phi) is 4.95. The molecule has 1 aromatic carbocycles. The Bertz CT molecular complexity index is 387. The van der Waals surface area contributed by atoms with Crippen molar-refractivity contribution in [3.63, 3.8) is 0 Å². The summed E-state index contributed by atoms with van der Waals surface area (Å²) < 4.78 is 0. The van der Waals surface area contributed by atoms with Gasteiger partial charge in [-0.15, -0.1) is 11.6 Å². The van der Waals surface area contributed by atoms with Crippen molar-refractivity contribution >= 4 is 11.6 Å². The fourth-order valence-electron chi connectivity index (χ4n) is 3.24. The molecule has 1 saturated carbocycles. The van der Waals surface area contributed by atoms with Crippen LogP contribution in [0.1, 0.15) is 81.7 Å². The van der Waals surface area contributed by atoms with Crippen LogP contribution in [0.2, 0.25) is 0 Å². The zero-order valence-corrected chi connectivity index (χ0v) is 13.3. The molecule has 0 N–H and O–H groups in total. The predicted molar refractivity (Wildman–Crippen MR) is 84.9 cm³/mol. The van der Waals surface area contributed by atoms with Crippen LogP contribution in [-0.4, -0.2) is 0 Å². The molecule has 1 heteroatoms. The second-order valence-corrected chi connectivity index (χ2v) is 6.99. The molecule has 0 bridgehead atoms. The van der Waals surface area contributed by atoms with Crippen molar-refractivity contribution in [2.75, 3.05) is 0 Å². The minimum absolute atomic E-state index is 0.166. The smallest absolute Gasteiger partial charge is 0.0638 e. The summed E-state index contributed by atoms with van der Waals surface area (Å²) >= 11 is 6.79. The Morgan fingerprint density at radius 1 is 1.05 bits per heavy atom. The minimum atomic E-state index is 0.166. The standard InChI is InChI=1S/C18H27Cl/c1-4-14(2)15-8-10-16(11-9-15)17(19)18(3)12-6-5-7-13-18/h8-11,14,17H,4-7,12-13H2,1-3H3. The van der Waals surface area contributed by atoms with Crippen LogP contribution in [0.15, 0.2) is 24.3 Å². The van der Waals surface area contributed by atoms with Crippen LogP contribution in [0.25, 0.3) is 0 Å². The first kappa shape index (κ1) is 14.9. The zero-order valence-electron chi connectivity index (χ0n) is 12.6. The van der Waals surface area contributed by atoms with Crippen LogP contribution in [0.5, 0.6) is 0 Å². The van der Waals surface area contributed by atoms with E-state index < -0.39 is 0 Å². The van der Waals surface area contributed by atoms with E-state index in [1.54, 1.807) is 0 Å². The molecule has 0 aliphatic heterocycles. The normalized spacial score (nSPS) is 21.9. The highest BCUT2D eigenvalue weighted by Gasteiger charge is 2.35. The average molecular weight is 279 g/mol. The van der Waals surface area contributed by atoms with E-state index in [0.717, 1.165) is 0 Å². The van der Waals surface area contributed by atoms with Crippen LogP contribution in [-0.2, 0) is 0 Å². The second-order valence-electron chi connectivity index (χ2n) is 6.55. The first-order valence-electron chi connectivity index (χ1n) is 7.81. The first-order chi connectivity index (χ1) is 9.07. The van der Waals surface area contributed by atoms with Gasteiger partial charge >= 0.3 is 0 Å². The third-order valence-electron chi connectivity index (χ3n) is 5.02. The monoisotopic (exact) mass is 278 g/mol. The largest absolute Gasteiger partial charge is 0.117 e. The molecule has 1 aromatic rings. The lowest BCUT2D eigenvalue weighted by Gasteiger charge is -2.38. The van der Waals surface area contributed by atoms with Gasteiger partial charge in [-0.1, -0.05) is 64.3 Å². The molecule has 2 rings (SSSR count). The fourth-order valence-corrected chi connectivity index (χ4v) is 3.61. The third-order valence-corrected chi connectivity index (χ3v) is 5.80. The molecular formula is C18H27Cl. The van der Waals surface area contributed by atoms with Gasteiger partial charge in [0.1, 0.15) is 0 Å². The summed E-state index contributed by atoms with van der Waals surface area (Å²) in [6, 6.07) is 9.04. The summed E-state index contributed by atoms with van der Waals surface area (Å²) in [6.07, 6.45) is 7.80. The van der Waals surface area contributed by atoms with Crippen molar-refractivity contribution in [3.05, 3.63) is 35.4 Å². The van der Waals surface area contributed by atoms with Crippen molar-refractivity contribution < 1.29 is 0 Å². The van der Waals surface area contributed by atoms with Gasteiger partial charge in [0.15, 0.2) is 0 Å². The van der Waals surface area contributed by atoms with E-state index in [4.69, 9.17) is 11.6 Å². The van der Waals surface area contributed by atoms with Crippen molar-refractivity contribution in [3.8, 4) is 0 Å². The summed E-state index contributed by atoms with van der Waals surface area (Å²) in [4.78, 5) is 0. The molecule has 0 radical (unpaired) electrons. The molecule has 0 nitrogen and oxygen atoms in total. The minimum Gasteiger partial charge on any atom is -0.117 e. The molecule has 0 spiro atoms. The predicted octanol–water partition coefficient (Wildman–Crippen LogP) is 6.45. The fraction of sp³-hybridized carbons (Fsp3) is 0.667. The van der Waals surface area contributed by atoms with Crippen molar-refractivity contribution in [1.29, 1.82) is 0 Å². The summed E-state index contributed by atoms with van der Waals surface area (Å²) in [6.45, 7) is 6.90. The Hall–Kier alpha value is -0.490. The molecule has 2 unspecified atom stereocenters. The van der Waals surface area contributed by atoms with Gasteiger partial charge in [0, 0.05) is 0 Å². The second kappa shape index (κ2) is 6.31. The molecule has 1 aliphatic carbocycles. The molecule has 106 valence electrons. The van der Waals surface area contributed by atoms with E-state index in [1.165, 1.54) is 49.7 Å². The number of alkyl halides is 1. The highest BCUT2D eigenvalue weighted by molar-refractivity contribution is 6.21. The van der Waals surface area contributed by atoms with E-state index in [1.807, 2.05) is 0 Å². The number of rotatable bonds is 4. The van der Waals surface area contributed by atoms with E-state index >= 15 is 0 Å². The van der Waals surface area contributed by atoms with E-state index in [2.05, 4.69) is 45.0 Å². The third kappa shape index (κ3) is 3.34. The maximum Gasteiger partial charge on any atom is 0.0638 e. The zero-order chi connectivity index (χ0) is 13.9. The Morgan fingerprint density at radius 3 is 2.11 bits per heavy atom. The van der Waals surface area contributed by atoms with Gasteiger partial charge in [0.25, 0.3) is 0 Å². The first-order valence-corrected chi connectivity index (χ1v) is 8.24. The number of benzene rings is 1. The van der Waals surface area contributed by atoms with Crippen molar-refractivity contribution in [1.82, 2.24) is 0 Å². The highest BCUT2D eigenvalue weighted by Crippen LogP contribution is 2.49. The van der Waals surface area contributed by atoms with E-state index in [9.17, 15) is 0 Å². The lowest BCUT2D eigenvalue weighted by Crippen LogP contribution is -2.25. The van der Waals surface area contributed by atoms with Gasteiger partial charge in [-0.05, 0) is 41.7 Å². The molecule has 19 heavy (non-hydrogen) atoms. The van der Waals surface area contributed by atoms with Gasteiger partial charge in [0.05, 0.1) is 5.38 Å². The van der Waals surface area contributed by atoms with Crippen LogP contribution in [0.3, 0.4) is 0 Å². The Labute approximate surface area is 123 Å². The van der Waals surface area contributed by atoms with Crippen LogP contribution in [0, 0.1) is 5.41 Å². The molecule has 1 aliphatic rings. The van der Waals surface area contributed by atoms with Gasteiger partial charge in [-0.2, -0.15) is 0 Å². The molecule has 1 fully saturated rings. The summed E-state index contributed by atoms with van der Waals surface area (Å²) in [7, 11) is 0. The Morgan fingerprint density at radius 2 is 1.58 bits per heavy atom. The summed E-state index contributed by atoms with van der Waals surface area (Å²) in [5, 5.41) is 0.166. The number of hydrogen-bond acceptors (Lipinski definition) is 0. The number of hydrogen-bond donors (Lipinski definition) is 0. The summed E-state index contributed by atoms with van der Waals surface area (Å²) in [5.41, 5.74) is 3.03. The van der Waals surface area contributed by atoms with Gasteiger partial charge in [-0.3, -0.25) is 0 Å². The molecule has 0 aromatic heterocycles. The summed E-state index contributed by atoms with van der Waals surface area (Å²) in [5.74, 6) is 0.646. The molecular weight excluding hydrogens is 252 g/mol. The van der Waals surface area contributed by atoms with E-state index in [-0.39, 0.29) is 10.8 Å². The van der Waals surface area contributed by atoms with Gasteiger partial charge in [-0.25, -0.2) is 0 Å².